The molecule has 19 heavy (non-hydrogen) atoms. The third-order valence-electron chi connectivity index (χ3n) is 4.27. The first kappa shape index (κ1) is 15.6. The number of hydrogen-bond donors (Lipinski definition) is 2. The fourth-order valence-electron chi connectivity index (χ4n) is 3.51. The number of carbonyl (C=O) groups excluding carboxylic acids is 1. The molecular weight excluding hydrogens is 250 g/mol. The smallest absolute Gasteiger partial charge is 0.477 e. The molecule has 108 valence electrons. The molecule has 2 atom stereocenters. The summed E-state index contributed by atoms with van der Waals surface area (Å²) in [6, 6.07) is 0. The van der Waals surface area contributed by atoms with E-state index in [1.54, 1.807) is 27.7 Å². The summed E-state index contributed by atoms with van der Waals surface area (Å²) >= 11 is 0. The SMILES string of the molecule is CCC1(C(=O)O)CCCC(=O)[N@+]1(C(=O)O)C(C)(C)C. The molecule has 0 aromatic carbocycles. The molecule has 0 spiro atoms. The number of piperidine rings is 1. The van der Waals surface area contributed by atoms with E-state index in [-0.39, 0.29) is 19.3 Å². The Labute approximate surface area is 112 Å². The first-order valence-electron chi connectivity index (χ1n) is 6.47. The van der Waals surface area contributed by atoms with Gasteiger partial charge in [-0.1, -0.05) is 6.92 Å². The van der Waals surface area contributed by atoms with Crippen LogP contribution in [0, 0.1) is 0 Å². The molecule has 1 saturated heterocycles. The van der Waals surface area contributed by atoms with Crippen LogP contribution in [0.4, 0.5) is 4.79 Å². The highest BCUT2D eigenvalue weighted by molar-refractivity contribution is 5.89. The molecule has 2 amide bonds. The zero-order valence-electron chi connectivity index (χ0n) is 11.9. The summed E-state index contributed by atoms with van der Waals surface area (Å²) in [5.41, 5.74) is -2.60. The molecule has 0 aromatic heterocycles. The van der Waals surface area contributed by atoms with Crippen LogP contribution in [-0.2, 0) is 9.59 Å². The topological polar surface area (TPSA) is 91.7 Å². The Hall–Kier alpha value is -1.43. The minimum atomic E-state index is -1.58. The second-order valence-corrected chi connectivity index (χ2v) is 6.06. The van der Waals surface area contributed by atoms with Gasteiger partial charge in [-0.2, -0.15) is 4.79 Å². The molecule has 1 aliphatic heterocycles. The van der Waals surface area contributed by atoms with Gasteiger partial charge in [-0.25, -0.2) is 9.59 Å². The van der Waals surface area contributed by atoms with E-state index in [1.807, 2.05) is 0 Å². The average Bonchev–Trinajstić information content (AvgIpc) is 2.25. The van der Waals surface area contributed by atoms with Gasteiger partial charge < -0.3 is 10.2 Å². The summed E-state index contributed by atoms with van der Waals surface area (Å²) in [6.07, 6.45) is -0.534. The Morgan fingerprint density at radius 1 is 1.32 bits per heavy atom. The van der Waals surface area contributed by atoms with Crippen LogP contribution in [0.3, 0.4) is 0 Å². The van der Waals surface area contributed by atoms with Gasteiger partial charge in [0, 0.05) is 12.8 Å². The number of hydrogen-bond acceptors (Lipinski definition) is 3. The van der Waals surface area contributed by atoms with Crippen molar-refractivity contribution in [1.29, 1.82) is 0 Å². The largest absolute Gasteiger partial charge is 0.522 e. The number of nitrogens with zero attached hydrogens (tertiary/aromatic N) is 1. The van der Waals surface area contributed by atoms with Gasteiger partial charge in [0.05, 0.1) is 6.42 Å². The number of imide groups is 1. The van der Waals surface area contributed by atoms with Crippen molar-refractivity contribution in [2.24, 2.45) is 0 Å². The Kier molecular flexibility index (Phi) is 3.78. The number of carboxylic acid groups (broad SMARTS) is 2. The molecule has 1 heterocycles. The van der Waals surface area contributed by atoms with Crippen LogP contribution in [0.2, 0.25) is 0 Å². The van der Waals surface area contributed by atoms with Crippen LogP contribution in [-0.4, -0.2) is 43.7 Å². The number of aliphatic carboxylic acids is 1. The highest BCUT2D eigenvalue weighted by Crippen LogP contribution is 2.46. The summed E-state index contributed by atoms with van der Waals surface area (Å²) < 4.78 is -1.02. The molecule has 0 saturated carbocycles. The van der Waals surface area contributed by atoms with Gasteiger partial charge in [0.25, 0.3) is 0 Å². The maximum absolute atomic E-state index is 12.4. The zero-order valence-corrected chi connectivity index (χ0v) is 11.9. The predicted octanol–water partition coefficient (Wildman–Crippen LogP) is 2.22. The van der Waals surface area contributed by atoms with E-state index in [4.69, 9.17) is 0 Å². The van der Waals surface area contributed by atoms with E-state index in [1.165, 1.54) is 0 Å². The van der Waals surface area contributed by atoms with Gasteiger partial charge in [-0.3, -0.25) is 0 Å². The highest BCUT2D eigenvalue weighted by Gasteiger charge is 2.71. The molecule has 2 N–H and O–H groups in total. The lowest BCUT2D eigenvalue weighted by Gasteiger charge is -2.53. The van der Waals surface area contributed by atoms with Crippen molar-refractivity contribution < 1.29 is 29.1 Å². The van der Waals surface area contributed by atoms with E-state index < -0.39 is 33.5 Å². The van der Waals surface area contributed by atoms with Gasteiger partial charge in [-0.05, 0) is 27.2 Å². The predicted molar refractivity (Wildman–Crippen MR) is 67.6 cm³/mol. The Morgan fingerprint density at radius 2 is 1.84 bits per heavy atom. The van der Waals surface area contributed by atoms with E-state index in [0.29, 0.717) is 6.42 Å². The van der Waals surface area contributed by atoms with Gasteiger partial charge >= 0.3 is 18.0 Å². The lowest BCUT2D eigenvalue weighted by molar-refractivity contribution is -0.878. The second-order valence-electron chi connectivity index (χ2n) is 6.06. The number of carboxylic acids is 1. The number of carbonyl (C=O) groups is 3. The van der Waals surface area contributed by atoms with Crippen LogP contribution >= 0.6 is 0 Å². The lowest BCUT2D eigenvalue weighted by atomic mass is 9.76. The molecule has 1 rings (SSSR count). The van der Waals surface area contributed by atoms with Gasteiger partial charge in [0.15, 0.2) is 0 Å². The van der Waals surface area contributed by atoms with Crippen molar-refractivity contribution in [3.05, 3.63) is 0 Å². The maximum Gasteiger partial charge on any atom is 0.522 e. The third-order valence-corrected chi connectivity index (χ3v) is 4.27. The highest BCUT2D eigenvalue weighted by atomic mass is 16.4. The molecule has 1 fully saturated rings. The summed E-state index contributed by atoms with van der Waals surface area (Å²) in [5.74, 6) is -1.73. The zero-order chi connectivity index (χ0) is 15.1. The Bertz CT molecular complexity index is 425. The molecule has 1 unspecified atom stereocenters. The quantitative estimate of drug-likeness (QED) is 0.752. The second kappa shape index (κ2) is 4.59. The van der Waals surface area contributed by atoms with Crippen molar-refractivity contribution in [2.75, 3.05) is 0 Å². The van der Waals surface area contributed by atoms with E-state index >= 15 is 0 Å². The van der Waals surface area contributed by atoms with Crippen molar-refractivity contribution >= 4 is 18.0 Å². The molecular formula is C13H22NO5+. The van der Waals surface area contributed by atoms with Crippen molar-refractivity contribution in [1.82, 2.24) is 0 Å². The van der Waals surface area contributed by atoms with Gasteiger partial charge in [-0.15, -0.1) is 4.48 Å². The minimum Gasteiger partial charge on any atom is -0.477 e. The third kappa shape index (κ3) is 1.77. The lowest BCUT2D eigenvalue weighted by Crippen LogP contribution is -2.80. The average molecular weight is 272 g/mol. The number of rotatable bonds is 2. The number of amides is 2. The molecule has 0 radical (unpaired) electrons. The Morgan fingerprint density at radius 3 is 2.11 bits per heavy atom. The van der Waals surface area contributed by atoms with Gasteiger partial charge in [0.1, 0.15) is 5.54 Å². The minimum absolute atomic E-state index is 0.109. The fourth-order valence-corrected chi connectivity index (χ4v) is 3.51. The van der Waals surface area contributed by atoms with Crippen LogP contribution in [0.25, 0.3) is 0 Å². The normalized spacial score (nSPS) is 32.1. The van der Waals surface area contributed by atoms with Crippen molar-refractivity contribution in [3.8, 4) is 0 Å². The van der Waals surface area contributed by atoms with E-state index in [2.05, 4.69) is 0 Å². The molecule has 0 aliphatic carbocycles. The summed E-state index contributed by atoms with van der Waals surface area (Å²) in [6.45, 7) is 6.46. The summed E-state index contributed by atoms with van der Waals surface area (Å²) in [5, 5.41) is 19.3. The van der Waals surface area contributed by atoms with Crippen molar-refractivity contribution in [3.63, 3.8) is 0 Å². The van der Waals surface area contributed by atoms with E-state index in [9.17, 15) is 24.6 Å². The summed E-state index contributed by atoms with van der Waals surface area (Å²) in [4.78, 5) is 36.1. The van der Waals surface area contributed by atoms with Crippen LogP contribution in [0.5, 0.6) is 0 Å². The van der Waals surface area contributed by atoms with Crippen LogP contribution in [0.1, 0.15) is 53.4 Å². The van der Waals surface area contributed by atoms with Crippen LogP contribution in [0.15, 0.2) is 0 Å². The fraction of sp³-hybridized carbons (Fsp3) is 0.769. The molecule has 6 heteroatoms. The molecule has 0 aromatic rings. The first-order chi connectivity index (χ1) is 8.58. The molecule has 6 nitrogen and oxygen atoms in total. The molecule has 0 bridgehead atoms. The number of quaternary nitrogens is 1. The van der Waals surface area contributed by atoms with Crippen LogP contribution < -0.4 is 0 Å². The monoisotopic (exact) mass is 272 g/mol. The standard InChI is InChI=1S/C13H21NO5/c1-5-13(10(16)17)8-6-7-9(15)14(13,11(18)19)12(2,3)4/h5-8H2,1-4H3,(H-,16,17,18,19)/p+1/t13?,14-/m0/s1. The van der Waals surface area contributed by atoms with Crippen molar-refractivity contribution in [2.45, 2.75) is 64.5 Å². The number of likely N-dealkylation sites (tertiary alicyclic amines) is 1. The maximum atomic E-state index is 12.4. The van der Waals surface area contributed by atoms with E-state index in [0.717, 1.165) is 0 Å². The first-order valence-corrected chi connectivity index (χ1v) is 6.47. The molecule has 1 aliphatic rings. The van der Waals surface area contributed by atoms with Gasteiger partial charge in [0.2, 0.25) is 5.54 Å². The Balaban J connectivity index is 3.72. The summed E-state index contributed by atoms with van der Waals surface area (Å²) in [7, 11) is 0.